The van der Waals surface area contributed by atoms with Crippen LogP contribution in [0, 0.1) is 0 Å². The summed E-state index contributed by atoms with van der Waals surface area (Å²) >= 11 is 0. The number of nitrogens with zero attached hydrogens (tertiary/aromatic N) is 1. The maximum Gasteiger partial charge on any atom is 0.267 e. The van der Waals surface area contributed by atoms with Gasteiger partial charge in [0.25, 0.3) is 5.23 Å². The SMILES string of the molecule is c1ccc(CSSC(=Nc2ccccc2)Oc2ccccc2)cc1. The van der Waals surface area contributed by atoms with Gasteiger partial charge >= 0.3 is 0 Å². The van der Waals surface area contributed by atoms with E-state index >= 15 is 0 Å². The molecule has 0 heterocycles. The number of hydrogen-bond donors (Lipinski definition) is 0. The second kappa shape index (κ2) is 9.21. The molecule has 0 aliphatic heterocycles. The Morgan fingerprint density at radius 3 is 2.00 bits per heavy atom. The van der Waals surface area contributed by atoms with Crippen LogP contribution in [-0.2, 0) is 5.75 Å². The molecule has 3 aromatic carbocycles. The third kappa shape index (κ3) is 5.48. The molecular weight excluding hydrogens is 334 g/mol. The van der Waals surface area contributed by atoms with E-state index in [0.29, 0.717) is 5.23 Å². The molecule has 4 heteroatoms. The van der Waals surface area contributed by atoms with E-state index in [9.17, 15) is 0 Å². The second-order valence-corrected chi connectivity index (χ2v) is 7.21. The van der Waals surface area contributed by atoms with Gasteiger partial charge in [0, 0.05) is 16.5 Å². The van der Waals surface area contributed by atoms with Gasteiger partial charge in [-0.1, -0.05) is 77.5 Å². The van der Waals surface area contributed by atoms with Gasteiger partial charge in [0.1, 0.15) is 5.75 Å². The first-order valence-corrected chi connectivity index (χ1v) is 9.92. The summed E-state index contributed by atoms with van der Waals surface area (Å²) in [5.41, 5.74) is 2.17. The Bertz CT molecular complexity index is 761. The van der Waals surface area contributed by atoms with E-state index in [1.165, 1.54) is 5.56 Å². The van der Waals surface area contributed by atoms with Crippen molar-refractivity contribution in [2.75, 3.05) is 0 Å². The summed E-state index contributed by atoms with van der Waals surface area (Å²) < 4.78 is 5.95. The zero-order valence-corrected chi connectivity index (χ0v) is 14.7. The molecule has 0 unspecified atom stereocenters. The average Bonchev–Trinajstić information content (AvgIpc) is 2.64. The van der Waals surface area contributed by atoms with Crippen molar-refractivity contribution in [2.45, 2.75) is 5.75 Å². The lowest BCUT2D eigenvalue weighted by atomic mass is 10.2. The maximum atomic E-state index is 5.95. The summed E-state index contributed by atoms with van der Waals surface area (Å²) in [4.78, 5) is 4.62. The van der Waals surface area contributed by atoms with Crippen molar-refractivity contribution in [2.24, 2.45) is 4.99 Å². The van der Waals surface area contributed by atoms with Crippen molar-refractivity contribution in [3.05, 3.63) is 96.6 Å². The highest BCUT2D eigenvalue weighted by molar-refractivity contribution is 8.81. The molecule has 0 saturated heterocycles. The average molecular weight is 351 g/mol. The maximum absolute atomic E-state index is 5.95. The quantitative estimate of drug-likeness (QED) is 0.304. The van der Waals surface area contributed by atoms with Gasteiger partial charge in [-0.2, -0.15) is 0 Å². The second-order valence-electron chi connectivity index (χ2n) is 4.96. The van der Waals surface area contributed by atoms with Crippen molar-refractivity contribution in [1.29, 1.82) is 0 Å². The summed E-state index contributed by atoms with van der Waals surface area (Å²) in [6.07, 6.45) is 0. The highest BCUT2D eigenvalue weighted by Gasteiger charge is 2.06. The van der Waals surface area contributed by atoms with Crippen molar-refractivity contribution >= 4 is 32.5 Å². The number of benzene rings is 3. The van der Waals surface area contributed by atoms with Gasteiger partial charge in [0.05, 0.1) is 5.69 Å². The van der Waals surface area contributed by atoms with Gasteiger partial charge in [0.15, 0.2) is 0 Å². The fourth-order valence-corrected chi connectivity index (χ4v) is 3.84. The van der Waals surface area contributed by atoms with Crippen LogP contribution in [0.25, 0.3) is 0 Å². The summed E-state index contributed by atoms with van der Waals surface area (Å²) in [6.45, 7) is 0. The lowest BCUT2D eigenvalue weighted by Gasteiger charge is -2.08. The molecule has 120 valence electrons. The monoisotopic (exact) mass is 351 g/mol. The molecule has 0 radical (unpaired) electrons. The third-order valence-electron chi connectivity index (χ3n) is 3.12. The Kier molecular flexibility index (Phi) is 6.40. The fourth-order valence-electron chi connectivity index (χ4n) is 1.98. The number of ether oxygens (including phenoxy) is 1. The van der Waals surface area contributed by atoms with Gasteiger partial charge in [0.2, 0.25) is 0 Å². The number of hydrogen-bond acceptors (Lipinski definition) is 4. The Morgan fingerprint density at radius 2 is 1.33 bits per heavy atom. The first-order valence-electron chi connectivity index (χ1n) is 7.60. The Balaban J connectivity index is 1.68. The van der Waals surface area contributed by atoms with Crippen molar-refractivity contribution < 1.29 is 4.74 Å². The molecular formula is C20H17NOS2. The number of rotatable bonds is 5. The minimum Gasteiger partial charge on any atom is -0.433 e. The number of aliphatic imine (C=N–C) groups is 1. The smallest absolute Gasteiger partial charge is 0.267 e. The highest BCUT2D eigenvalue weighted by Crippen LogP contribution is 2.30. The van der Waals surface area contributed by atoms with Gasteiger partial charge in [-0.3, -0.25) is 0 Å². The summed E-state index contributed by atoms with van der Waals surface area (Å²) in [5, 5.41) is 0.633. The van der Waals surface area contributed by atoms with Crippen LogP contribution in [0.2, 0.25) is 0 Å². The Labute approximate surface area is 150 Å². The standard InChI is InChI=1S/C20H17NOS2/c1-4-10-17(11-5-1)16-23-24-20(21-18-12-6-2-7-13-18)22-19-14-8-3-9-15-19/h1-15H,16H2. The van der Waals surface area contributed by atoms with E-state index in [1.54, 1.807) is 21.6 Å². The zero-order chi connectivity index (χ0) is 16.5. The highest BCUT2D eigenvalue weighted by atomic mass is 33.1. The lowest BCUT2D eigenvalue weighted by molar-refractivity contribution is 0.567. The van der Waals surface area contributed by atoms with Gasteiger partial charge in [-0.25, -0.2) is 4.99 Å². The number of para-hydroxylation sites is 2. The first kappa shape index (κ1) is 16.7. The van der Waals surface area contributed by atoms with E-state index in [4.69, 9.17) is 4.74 Å². The molecule has 0 aliphatic rings. The van der Waals surface area contributed by atoms with Gasteiger partial charge in [-0.05, 0) is 29.8 Å². The van der Waals surface area contributed by atoms with E-state index in [0.717, 1.165) is 17.2 Å². The zero-order valence-electron chi connectivity index (χ0n) is 13.0. The van der Waals surface area contributed by atoms with Crippen molar-refractivity contribution in [3.8, 4) is 5.75 Å². The van der Waals surface area contributed by atoms with Crippen LogP contribution in [0.1, 0.15) is 5.56 Å². The topological polar surface area (TPSA) is 21.6 Å². The van der Waals surface area contributed by atoms with Crippen LogP contribution in [0.15, 0.2) is 96.0 Å². The molecule has 0 aromatic heterocycles. The van der Waals surface area contributed by atoms with Crippen LogP contribution < -0.4 is 4.74 Å². The molecule has 0 N–H and O–H groups in total. The molecule has 0 aliphatic carbocycles. The predicted molar refractivity (Wildman–Crippen MR) is 106 cm³/mol. The van der Waals surface area contributed by atoms with E-state index in [2.05, 4.69) is 29.3 Å². The molecule has 24 heavy (non-hydrogen) atoms. The Hall–Kier alpha value is -2.17. The molecule has 0 amide bonds. The molecule has 0 spiro atoms. The van der Waals surface area contributed by atoms with Gasteiger partial charge in [-0.15, -0.1) is 0 Å². The summed E-state index contributed by atoms with van der Waals surface area (Å²) in [5.74, 6) is 1.69. The van der Waals surface area contributed by atoms with Crippen LogP contribution in [-0.4, -0.2) is 5.23 Å². The minimum atomic E-state index is 0.633. The van der Waals surface area contributed by atoms with Gasteiger partial charge < -0.3 is 4.74 Å². The fraction of sp³-hybridized carbons (Fsp3) is 0.0500. The van der Waals surface area contributed by atoms with Crippen LogP contribution in [0.3, 0.4) is 0 Å². The minimum absolute atomic E-state index is 0.633. The van der Waals surface area contributed by atoms with Crippen LogP contribution >= 0.6 is 21.6 Å². The Morgan fingerprint density at radius 1 is 0.750 bits per heavy atom. The van der Waals surface area contributed by atoms with E-state index in [1.807, 2.05) is 66.7 Å². The normalized spacial score (nSPS) is 11.2. The molecule has 3 aromatic rings. The molecule has 2 nitrogen and oxygen atoms in total. The first-order chi connectivity index (χ1) is 11.9. The lowest BCUT2D eigenvalue weighted by Crippen LogP contribution is -2.02. The van der Waals surface area contributed by atoms with Crippen LogP contribution in [0.5, 0.6) is 5.75 Å². The van der Waals surface area contributed by atoms with Crippen LogP contribution in [0.4, 0.5) is 5.69 Å². The molecule has 0 saturated carbocycles. The van der Waals surface area contributed by atoms with Crippen molar-refractivity contribution in [1.82, 2.24) is 0 Å². The summed E-state index contributed by atoms with van der Waals surface area (Å²) in [6, 6.07) is 30.0. The molecule has 0 atom stereocenters. The summed E-state index contributed by atoms with van der Waals surface area (Å²) in [7, 11) is 3.26. The van der Waals surface area contributed by atoms with E-state index < -0.39 is 0 Å². The molecule has 0 bridgehead atoms. The van der Waals surface area contributed by atoms with E-state index in [-0.39, 0.29) is 0 Å². The predicted octanol–water partition coefficient (Wildman–Crippen LogP) is 6.33. The third-order valence-corrected chi connectivity index (χ3v) is 5.14. The largest absolute Gasteiger partial charge is 0.433 e. The molecule has 3 rings (SSSR count). The molecule has 0 fully saturated rings. The van der Waals surface area contributed by atoms with Crippen molar-refractivity contribution in [3.63, 3.8) is 0 Å².